The van der Waals surface area contributed by atoms with Crippen LogP contribution in [0.1, 0.15) is 49.7 Å². The van der Waals surface area contributed by atoms with Crippen molar-refractivity contribution in [2.75, 3.05) is 18.0 Å². The van der Waals surface area contributed by atoms with Crippen LogP contribution in [0.5, 0.6) is 0 Å². The van der Waals surface area contributed by atoms with Gasteiger partial charge in [-0.1, -0.05) is 30.5 Å². The molecule has 3 rings (SSSR count). The van der Waals surface area contributed by atoms with Crippen LogP contribution >= 0.6 is 0 Å². The second-order valence-corrected chi connectivity index (χ2v) is 6.62. The van der Waals surface area contributed by atoms with Crippen LogP contribution in [0, 0.1) is 12.8 Å². The molecule has 110 valence electrons. The van der Waals surface area contributed by atoms with Gasteiger partial charge >= 0.3 is 0 Å². The quantitative estimate of drug-likeness (QED) is 0.906. The third-order valence-electron chi connectivity index (χ3n) is 5.20. The maximum atomic E-state index is 5.82. The lowest BCUT2D eigenvalue weighted by Gasteiger charge is -2.33. The molecule has 1 saturated heterocycles. The predicted octanol–water partition coefficient (Wildman–Crippen LogP) is 3.66. The lowest BCUT2D eigenvalue weighted by molar-refractivity contribution is 0.430. The van der Waals surface area contributed by atoms with Gasteiger partial charge in [-0.2, -0.15) is 0 Å². The third kappa shape index (κ3) is 2.71. The van der Waals surface area contributed by atoms with Gasteiger partial charge in [0.15, 0.2) is 0 Å². The SMILES string of the molecule is Cc1ccc(N2CCCC2C2CCCC2)c(CCN)c1. The highest BCUT2D eigenvalue weighted by molar-refractivity contribution is 5.56. The molecule has 0 radical (unpaired) electrons. The lowest BCUT2D eigenvalue weighted by Crippen LogP contribution is -2.35. The number of benzene rings is 1. The molecule has 1 aliphatic heterocycles. The Balaban J connectivity index is 1.86. The van der Waals surface area contributed by atoms with E-state index in [4.69, 9.17) is 5.73 Å². The van der Waals surface area contributed by atoms with E-state index in [9.17, 15) is 0 Å². The zero-order chi connectivity index (χ0) is 13.9. The fourth-order valence-electron chi connectivity index (χ4n) is 4.27. The number of nitrogens with zero attached hydrogens (tertiary/aromatic N) is 1. The number of rotatable bonds is 4. The van der Waals surface area contributed by atoms with E-state index in [0.29, 0.717) is 0 Å². The van der Waals surface area contributed by atoms with Crippen LogP contribution in [0.25, 0.3) is 0 Å². The van der Waals surface area contributed by atoms with E-state index in [1.54, 1.807) is 0 Å². The Morgan fingerprint density at radius 1 is 1.15 bits per heavy atom. The van der Waals surface area contributed by atoms with E-state index in [1.165, 1.54) is 61.9 Å². The van der Waals surface area contributed by atoms with Crippen molar-refractivity contribution >= 4 is 5.69 Å². The molecular weight excluding hydrogens is 244 g/mol. The van der Waals surface area contributed by atoms with Crippen LogP contribution in [-0.4, -0.2) is 19.1 Å². The summed E-state index contributed by atoms with van der Waals surface area (Å²) >= 11 is 0. The summed E-state index contributed by atoms with van der Waals surface area (Å²) < 4.78 is 0. The van der Waals surface area contributed by atoms with Gasteiger partial charge in [0.2, 0.25) is 0 Å². The summed E-state index contributed by atoms with van der Waals surface area (Å²) in [6.45, 7) is 4.17. The van der Waals surface area contributed by atoms with Crippen LogP contribution in [0.2, 0.25) is 0 Å². The second kappa shape index (κ2) is 6.17. The fourth-order valence-corrected chi connectivity index (χ4v) is 4.27. The van der Waals surface area contributed by atoms with Crippen molar-refractivity contribution in [3.8, 4) is 0 Å². The van der Waals surface area contributed by atoms with Crippen molar-refractivity contribution < 1.29 is 0 Å². The molecular formula is C18H28N2. The average molecular weight is 272 g/mol. The van der Waals surface area contributed by atoms with Gasteiger partial charge in [0.25, 0.3) is 0 Å². The summed E-state index contributed by atoms with van der Waals surface area (Å²) in [4.78, 5) is 2.71. The minimum Gasteiger partial charge on any atom is -0.368 e. The standard InChI is InChI=1S/C18H28N2/c1-14-8-9-18(16(13-14)10-11-19)20-12-4-7-17(20)15-5-2-3-6-15/h8-9,13,15,17H,2-7,10-12,19H2,1H3. The maximum absolute atomic E-state index is 5.82. The molecule has 0 aromatic heterocycles. The van der Waals surface area contributed by atoms with Crippen LogP contribution in [0.3, 0.4) is 0 Å². The van der Waals surface area contributed by atoms with E-state index in [2.05, 4.69) is 30.0 Å². The minimum absolute atomic E-state index is 0.748. The summed E-state index contributed by atoms with van der Waals surface area (Å²) in [5.41, 5.74) is 10.1. The first-order chi connectivity index (χ1) is 9.79. The van der Waals surface area contributed by atoms with E-state index < -0.39 is 0 Å². The lowest BCUT2D eigenvalue weighted by atomic mass is 9.95. The van der Waals surface area contributed by atoms with E-state index >= 15 is 0 Å². The van der Waals surface area contributed by atoms with Crippen LogP contribution in [0.4, 0.5) is 5.69 Å². The average Bonchev–Trinajstić information content (AvgIpc) is 3.10. The zero-order valence-corrected chi connectivity index (χ0v) is 12.8. The normalized spacial score (nSPS) is 23.7. The van der Waals surface area contributed by atoms with Crippen molar-refractivity contribution in [3.63, 3.8) is 0 Å². The third-order valence-corrected chi connectivity index (χ3v) is 5.20. The maximum Gasteiger partial charge on any atom is 0.0402 e. The van der Waals surface area contributed by atoms with Gasteiger partial charge in [-0.05, 0) is 63.1 Å². The van der Waals surface area contributed by atoms with Crippen LogP contribution in [0.15, 0.2) is 18.2 Å². The van der Waals surface area contributed by atoms with Gasteiger partial charge in [0.05, 0.1) is 0 Å². The summed E-state index contributed by atoms with van der Waals surface area (Å²) in [5, 5.41) is 0. The largest absolute Gasteiger partial charge is 0.368 e. The Labute approximate surface area is 123 Å². The van der Waals surface area contributed by atoms with Gasteiger partial charge < -0.3 is 10.6 Å². The van der Waals surface area contributed by atoms with Gasteiger partial charge in [0.1, 0.15) is 0 Å². The molecule has 1 heterocycles. The molecule has 0 bridgehead atoms. The Bertz CT molecular complexity index is 449. The molecule has 1 aliphatic carbocycles. The molecule has 0 amide bonds. The highest BCUT2D eigenvalue weighted by Gasteiger charge is 2.34. The predicted molar refractivity (Wildman–Crippen MR) is 86.3 cm³/mol. The molecule has 1 atom stereocenters. The minimum atomic E-state index is 0.748. The monoisotopic (exact) mass is 272 g/mol. The number of anilines is 1. The molecule has 2 heteroatoms. The molecule has 1 saturated carbocycles. The second-order valence-electron chi connectivity index (χ2n) is 6.62. The molecule has 2 nitrogen and oxygen atoms in total. The topological polar surface area (TPSA) is 29.3 Å². The first-order valence-electron chi connectivity index (χ1n) is 8.36. The van der Waals surface area contributed by atoms with E-state index in [1.807, 2.05) is 0 Å². The first-order valence-corrected chi connectivity index (χ1v) is 8.36. The molecule has 0 spiro atoms. The molecule has 2 N–H and O–H groups in total. The number of hydrogen-bond donors (Lipinski definition) is 1. The summed E-state index contributed by atoms with van der Waals surface area (Å²) in [6.07, 6.45) is 9.53. The number of nitrogens with two attached hydrogens (primary N) is 1. The van der Waals surface area contributed by atoms with E-state index in [0.717, 1.165) is 24.9 Å². The number of aryl methyl sites for hydroxylation is 1. The highest BCUT2D eigenvalue weighted by Crippen LogP contribution is 2.39. The molecule has 1 aromatic carbocycles. The summed E-state index contributed by atoms with van der Waals surface area (Å²) in [5.74, 6) is 0.935. The van der Waals surface area contributed by atoms with Crippen molar-refractivity contribution in [1.82, 2.24) is 0 Å². The van der Waals surface area contributed by atoms with Crippen molar-refractivity contribution in [2.24, 2.45) is 11.7 Å². The zero-order valence-electron chi connectivity index (χ0n) is 12.8. The Kier molecular flexibility index (Phi) is 4.30. The Morgan fingerprint density at radius 2 is 1.95 bits per heavy atom. The highest BCUT2D eigenvalue weighted by atomic mass is 15.2. The van der Waals surface area contributed by atoms with Gasteiger partial charge in [-0.15, -0.1) is 0 Å². The van der Waals surface area contributed by atoms with Crippen molar-refractivity contribution in [3.05, 3.63) is 29.3 Å². The molecule has 2 fully saturated rings. The smallest absolute Gasteiger partial charge is 0.0402 e. The molecule has 2 aliphatic rings. The molecule has 1 aromatic rings. The molecule has 20 heavy (non-hydrogen) atoms. The molecule has 1 unspecified atom stereocenters. The first kappa shape index (κ1) is 13.9. The van der Waals surface area contributed by atoms with E-state index in [-0.39, 0.29) is 0 Å². The fraction of sp³-hybridized carbons (Fsp3) is 0.667. The van der Waals surface area contributed by atoms with Gasteiger partial charge in [0, 0.05) is 18.3 Å². The Hall–Kier alpha value is -1.02. The van der Waals surface area contributed by atoms with Gasteiger partial charge in [-0.25, -0.2) is 0 Å². The van der Waals surface area contributed by atoms with Crippen LogP contribution < -0.4 is 10.6 Å². The van der Waals surface area contributed by atoms with Gasteiger partial charge in [-0.3, -0.25) is 0 Å². The summed E-state index contributed by atoms with van der Waals surface area (Å²) in [7, 11) is 0. The van der Waals surface area contributed by atoms with Crippen molar-refractivity contribution in [2.45, 2.75) is 57.9 Å². The summed E-state index contributed by atoms with van der Waals surface area (Å²) in [6, 6.07) is 7.73. The Morgan fingerprint density at radius 3 is 2.70 bits per heavy atom. The van der Waals surface area contributed by atoms with Crippen LogP contribution in [-0.2, 0) is 6.42 Å². The van der Waals surface area contributed by atoms with Crippen molar-refractivity contribution in [1.29, 1.82) is 0 Å². The number of hydrogen-bond acceptors (Lipinski definition) is 2.